The average molecular weight is 304 g/mol. The molecule has 0 unspecified atom stereocenters. The fourth-order valence-corrected chi connectivity index (χ4v) is 2.31. The Bertz CT molecular complexity index is 610. The minimum Gasteiger partial charge on any atom is -0.481 e. The first kappa shape index (κ1) is 15.4. The number of aliphatic carboxylic acids is 1. The van der Waals surface area contributed by atoms with Crippen molar-refractivity contribution in [3.05, 3.63) is 64.7 Å². The van der Waals surface area contributed by atoms with Gasteiger partial charge in [0.2, 0.25) is 0 Å². The Balaban J connectivity index is 2.21. The Labute approximate surface area is 129 Å². The van der Waals surface area contributed by atoms with Crippen molar-refractivity contribution in [2.45, 2.75) is 19.9 Å². The predicted octanol–water partition coefficient (Wildman–Crippen LogP) is 4.13. The lowest BCUT2D eigenvalue weighted by Gasteiger charge is -2.25. The fraction of sp³-hybridized carbons (Fsp3) is 0.235. The van der Waals surface area contributed by atoms with Crippen molar-refractivity contribution >= 4 is 23.3 Å². The van der Waals surface area contributed by atoms with E-state index in [1.807, 2.05) is 60.4 Å². The molecule has 0 aliphatic rings. The van der Waals surface area contributed by atoms with E-state index in [-0.39, 0.29) is 6.42 Å². The van der Waals surface area contributed by atoms with Gasteiger partial charge in [-0.2, -0.15) is 0 Å². The third-order valence-corrected chi connectivity index (χ3v) is 3.68. The molecule has 0 saturated carbocycles. The molecular weight excluding hydrogens is 286 g/mol. The van der Waals surface area contributed by atoms with Gasteiger partial charge >= 0.3 is 5.97 Å². The highest BCUT2D eigenvalue weighted by atomic mass is 35.5. The van der Waals surface area contributed by atoms with Crippen LogP contribution >= 0.6 is 11.6 Å². The summed E-state index contributed by atoms with van der Waals surface area (Å²) in [5, 5.41) is 9.62. The van der Waals surface area contributed by atoms with Crippen LogP contribution in [0.2, 0.25) is 5.02 Å². The van der Waals surface area contributed by atoms with E-state index in [1.54, 1.807) is 0 Å². The predicted molar refractivity (Wildman–Crippen MR) is 85.9 cm³/mol. The molecule has 1 N–H and O–H groups in total. The zero-order valence-electron chi connectivity index (χ0n) is 11.9. The van der Waals surface area contributed by atoms with Crippen molar-refractivity contribution in [2.24, 2.45) is 0 Å². The molecule has 0 bridgehead atoms. The number of hydrogen-bond donors (Lipinski definition) is 1. The minimum atomic E-state index is -0.800. The van der Waals surface area contributed by atoms with Crippen molar-refractivity contribution in [3.63, 3.8) is 0 Å². The van der Waals surface area contributed by atoms with Crippen LogP contribution in [-0.2, 0) is 11.3 Å². The zero-order valence-corrected chi connectivity index (χ0v) is 12.7. The van der Waals surface area contributed by atoms with Gasteiger partial charge in [0.15, 0.2) is 0 Å². The van der Waals surface area contributed by atoms with Crippen LogP contribution in [-0.4, -0.2) is 17.6 Å². The average Bonchev–Trinajstić information content (AvgIpc) is 2.46. The van der Waals surface area contributed by atoms with Crippen LogP contribution in [0.5, 0.6) is 0 Å². The molecule has 0 aromatic heterocycles. The molecule has 0 amide bonds. The summed E-state index contributed by atoms with van der Waals surface area (Å²) < 4.78 is 0. The summed E-state index contributed by atoms with van der Waals surface area (Å²) in [5.74, 6) is -0.800. The highest BCUT2D eigenvalue weighted by Gasteiger charge is 2.11. The van der Waals surface area contributed by atoms with E-state index in [4.69, 9.17) is 16.7 Å². The van der Waals surface area contributed by atoms with E-state index in [9.17, 15) is 4.79 Å². The summed E-state index contributed by atoms with van der Waals surface area (Å²) in [6.45, 7) is 3.07. The molecule has 2 aromatic carbocycles. The van der Waals surface area contributed by atoms with Crippen LogP contribution in [0, 0.1) is 6.92 Å². The zero-order chi connectivity index (χ0) is 15.2. The Kier molecular flexibility index (Phi) is 5.23. The molecule has 0 heterocycles. The summed E-state index contributed by atoms with van der Waals surface area (Å²) in [7, 11) is 0. The first-order chi connectivity index (χ1) is 10.1. The third kappa shape index (κ3) is 4.50. The molecule has 4 heteroatoms. The van der Waals surface area contributed by atoms with Gasteiger partial charge in [-0.15, -0.1) is 0 Å². The van der Waals surface area contributed by atoms with Gasteiger partial charge in [0, 0.05) is 23.8 Å². The standard InChI is InChI=1S/C17H18ClNO2/c1-13-6-8-15(9-7-13)19(11-10-17(20)21)12-14-4-2-3-5-16(14)18/h2-9H,10-12H2,1H3,(H,20,21). The molecule has 0 atom stereocenters. The summed E-state index contributed by atoms with van der Waals surface area (Å²) >= 11 is 6.20. The van der Waals surface area contributed by atoms with E-state index < -0.39 is 5.97 Å². The molecule has 110 valence electrons. The maximum atomic E-state index is 10.9. The molecule has 2 rings (SSSR count). The van der Waals surface area contributed by atoms with Crippen molar-refractivity contribution in [1.82, 2.24) is 0 Å². The quantitative estimate of drug-likeness (QED) is 0.872. The van der Waals surface area contributed by atoms with Gasteiger partial charge in [-0.3, -0.25) is 4.79 Å². The van der Waals surface area contributed by atoms with E-state index in [0.717, 1.165) is 11.3 Å². The van der Waals surface area contributed by atoms with Crippen molar-refractivity contribution in [1.29, 1.82) is 0 Å². The van der Waals surface area contributed by atoms with Crippen LogP contribution in [0.1, 0.15) is 17.5 Å². The van der Waals surface area contributed by atoms with Crippen molar-refractivity contribution in [2.75, 3.05) is 11.4 Å². The summed E-state index contributed by atoms with van der Waals surface area (Å²) in [6.07, 6.45) is 0.0956. The molecule has 3 nitrogen and oxygen atoms in total. The molecule has 0 aliphatic carbocycles. The second kappa shape index (κ2) is 7.14. The summed E-state index contributed by atoms with van der Waals surface area (Å²) in [5.41, 5.74) is 3.17. The molecule has 0 saturated heterocycles. The fourth-order valence-electron chi connectivity index (χ4n) is 2.12. The number of hydrogen-bond acceptors (Lipinski definition) is 2. The number of carbonyl (C=O) groups is 1. The normalized spacial score (nSPS) is 10.4. The first-order valence-corrected chi connectivity index (χ1v) is 7.21. The second-order valence-electron chi connectivity index (χ2n) is 4.99. The van der Waals surface area contributed by atoms with Gasteiger partial charge < -0.3 is 10.0 Å². The first-order valence-electron chi connectivity index (χ1n) is 6.83. The number of aryl methyl sites for hydroxylation is 1. The Morgan fingerprint density at radius 1 is 1.14 bits per heavy atom. The highest BCUT2D eigenvalue weighted by molar-refractivity contribution is 6.31. The number of halogens is 1. The Hall–Kier alpha value is -2.00. The van der Waals surface area contributed by atoms with Crippen LogP contribution in [0.25, 0.3) is 0 Å². The van der Waals surface area contributed by atoms with Crippen molar-refractivity contribution in [3.8, 4) is 0 Å². The van der Waals surface area contributed by atoms with Gasteiger partial charge in [0.05, 0.1) is 6.42 Å². The van der Waals surface area contributed by atoms with Gasteiger partial charge in [0.25, 0.3) is 0 Å². The third-order valence-electron chi connectivity index (χ3n) is 3.31. The van der Waals surface area contributed by atoms with Crippen molar-refractivity contribution < 1.29 is 9.90 Å². The Morgan fingerprint density at radius 2 is 1.81 bits per heavy atom. The van der Waals surface area contributed by atoms with Gasteiger partial charge in [0.1, 0.15) is 0 Å². The SMILES string of the molecule is Cc1ccc(N(CCC(=O)O)Cc2ccccc2Cl)cc1. The van der Waals surface area contributed by atoms with Crippen LogP contribution in [0.3, 0.4) is 0 Å². The molecular formula is C17H18ClNO2. The molecule has 2 aromatic rings. The van der Waals surface area contributed by atoms with Gasteiger partial charge in [-0.25, -0.2) is 0 Å². The van der Waals surface area contributed by atoms with Crippen LogP contribution in [0.15, 0.2) is 48.5 Å². The van der Waals surface area contributed by atoms with Gasteiger partial charge in [-0.05, 0) is 30.7 Å². The maximum absolute atomic E-state index is 10.9. The summed E-state index contributed by atoms with van der Waals surface area (Å²) in [4.78, 5) is 12.9. The topological polar surface area (TPSA) is 40.5 Å². The minimum absolute atomic E-state index is 0.0956. The number of carboxylic acids is 1. The number of anilines is 1. The van der Waals surface area contributed by atoms with E-state index in [2.05, 4.69) is 0 Å². The summed E-state index contributed by atoms with van der Waals surface area (Å²) in [6, 6.07) is 15.7. The lowest BCUT2D eigenvalue weighted by Crippen LogP contribution is -2.25. The molecule has 0 radical (unpaired) electrons. The highest BCUT2D eigenvalue weighted by Crippen LogP contribution is 2.22. The second-order valence-corrected chi connectivity index (χ2v) is 5.40. The van der Waals surface area contributed by atoms with Crippen LogP contribution in [0.4, 0.5) is 5.69 Å². The van der Waals surface area contributed by atoms with E-state index >= 15 is 0 Å². The molecule has 0 aliphatic heterocycles. The van der Waals surface area contributed by atoms with E-state index in [1.165, 1.54) is 5.56 Å². The number of nitrogens with zero attached hydrogens (tertiary/aromatic N) is 1. The number of carboxylic acid groups (broad SMARTS) is 1. The monoisotopic (exact) mass is 303 g/mol. The van der Waals surface area contributed by atoms with Crippen LogP contribution < -0.4 is 4.90 Å². The molecule has 0 spiro atoms. The smallest absolute Gasteiger partial charge is 0.305 e. The number of rotatable bonds is 6. The Morgan fingerprint density at radius 3 is 2.43 bits per heavy atom. The lowest BCUT2D eigenvalue weighted by atomic mass is 10.1. The number of benzene rings is 2. The van der Waals surface area contributed by atoms with E-state index in [0.29, 0.717) is 18.1 Å². The van der Waals surface area contributed by atoms with Gasteiger partial charge in [-0.1, -0.05) is 47.5 Å². The lowest BCUT2D eigenvalue weighted by molar-refractivity contribution is -0.136. The molecule has 21 heavy (non-hydrogen) atoms. The largest absolute Gasteiger partial charge is 0.481 e. The molecule has 0 fully saturated rings. The maximum Gasteiger partial charge on any atom is 0.305 e.